The Bertz CT molecular complexity index is 1060. The molecule has 0 spiro atoms. The molecule has 0 saturated heterocycles. The Morgan fingerprint density at radius 2 is 1.59 bits per heavy atom. The molecule has 3 aromatic carbocycles. The summed E-state index contributed by atoms with van der Waals surface area (Å²) in [5, 5.41) is 5.30. The zero-order valence-electron chi connectivity index (χ0n) is 16.2. The van der Waals surface area contributed by atoms with Crippen LogP contribution in [0.5, 0.6) is 5.75 Å². The first-order valence-electron chi connectivity index (χ1n) is 9.17. The maximum Gasteiger partial charge on any atom is 0.416 e. The van der Waals surface area contributed by atoms with Crippen molar-refractivity contribution < 1.29 is 31.5 Å². The lowest BCUT2D eigenvalue weighted by Gasteiger charge is -2.21. The predicted molar refractivity (Wildman–Crippen MR) is 111 cm³/mol. The highest BCUT2D eigenvalue weighted by Gasteiger charge is 2.31. The van der Waals surface area contributed by atoms with Gasteiger partial charge in [0.25, 0.3) is 5.91 Å². The standard InChI is InChI=1S/C22H16ClF5N2O2/c23-17-11-6-14(22(26,27)28)12-18(17)30-20(31)19(13-4-2-1-3-5-13)29-15-7-9-16(10-8-15)32-21(24)25/h1-12,19,21,29H,(H,30,31). The highest BCUT2D eigenvalue weighted by Crippen LogP contribution is 2.34. The third-order valence-electron chi connectivity index (χ3n) is 4.34. The third kappa shape index (κ3) is 6.10. The largest absolute Gasteiger partial charge is 0.435 e. The van der Waals surface area contributed by atoms with Gasteiger partial charge in [-0.15, -0.1) is 0 Å². The van der Waals surface area contributed by atoms with E-state index in [1.165, 1.54) is 24.3 Å². The van der Waals surface area contributed by atoms with Crippen LogP contribution in [0.25, 0.3) is 0 Å². The maximum absolute atomic E-state index is 13.0. The number of amides is 1. The fraction of sp³-hybridized carbons (Fsp3) is 0.136. The molecule has 0 aliphatic carbocycles. The van der Waals surface area contributed by atoms with E-state index in [9.17, 15) is 26.7 Å². The molecule has 3 aromatic rings. The summed E-state index contributed by atoms with van der Waals surface area (Å²) in [6, 6.07) is 15.4. The fourth-order valence-electron chi connectivity index (χ4n) is 2.85. The summed E-state index contributed by atoms with van der Waals surface area (Å²) in [5.41, 5.74) is -0.252. The SMILES string of the molecule is O=C(Nc1cc(C(F)(F)F)ccc1Cl)C(Nc1ccc(OC(F)F)cc1)c1ccccc1. The molecule has 2 N–H and O–H groups in total. The van der Waals surface area contributed by atoms with Crippen molar-refractivity contribution in [3.05, 3.63) is 88.9 Å². The van der Waals surface area contributed by atoms with Crippen LogP contribution in [0, 0.1) is 0 Å². The molecule has 0 radical (unpaired) electrons. The number of anilines is 2. The number of rotatable bonds is 7. The minimum Gasteiger partial charge on any atom is -0.435 e. The van der Waals surface area contributed by atoms with E-state index in [-0.39, 0.29) is 16.5 Å². The van der Waals surface area contributed by atoms with Crippen LogP contribution < -0.4 is 15.4 Å². The summed E-state index contributed by atoms with van der Waals surface area (Å²) >= 11 is 5.98. The molecule has 1 amide bonds. The molecule has 32 heavy (non-hydrogen) atoms. The summed E-state index contributed by atoms with van der Waals surface area (Å²) in [6.07, 6.45) is -4.61. The molecular formula is C22H16ClF5N2O2. The van der Waals surface area contributed by atoms with E-state index in [2.05, 4.69) is 15.4 Å². The minimum atomic E-state index is -4.61. The van der Waals surface area contributed by atoms with E-state index < -0.39 is 30.3 Å². The van der Waals surface area contributed by atoms with Crippen LogP contribution >= 0.6 is 11.6 Å². The second kappa shape index (κ2) is 9.86. The molecule has 0 aromatic heterocycles. The average Bonchev–Trinajstić information content (AvgIpc) is 2.74. The number of hydrogen-bond acceptors (Lipinski definition) is 3. The van der Waals surface area contributed by atoms with Crippen LogP contribution in [0.1, 0.15) is 17.2 Å². The number of nitrogens with one attached hydrogen (secondary N) is 2. The van der Waals surface area contributed by atoms with Crippen LogP contribution in [0.15, 0.2) is 72.8 Å². The Morgan fingerprint density at radius 3 is 2.19 bits per heavy atom. The van der Waals surface area contributed by atoms with Crippen molar-refractivity contribution in [2.75, 3.05) is 10.6 Å². The van der Waals surface area contributed by atoms with Crippen molar-refractivity contribution in [1.29, 1.82) is 0 Å². The molecule has 0 fully saturated rings. The van der Waals surface area contributed by atoms with Gasteiger partial charge in [0.2, 0.25) is 0 Å². The first kappa shape index (κ1) is 23.3. The van der Waals surface area contributed by atoms with E-state index in [1.54, 1.807) is 30.3 Å². The molecule has 10 heteroatoms. The van der Waals surface area contributed by atoms with E-state index in [1.807, 2.05) is 0 Å². The van der Waals surface area contributed by atoms with Gasteiger partial charge in [-0.1, -0.05) is 41.9 Å². The molecule has 0 saturated carbocycles. The summed E-state index contributed by atoms with van der Waals surface area (Å²) < 4.78 is 68.0. The topological polar surface area (TPSA) is 50.4 Å². The smallest absolute Gasteiger partial charge is 0.416 e. The Hall–Kier alpha value is -3.33. The third-order valence-corrected chi connectivity index (χ3v) is 4.67. The van der Waals surface area contributed by atoms with Crippen molar-refractivity contribution in [3.8, 4) is 5.75 Å². The van der Waals surface area contributed by atoms with Gasteiger partial charge in [-0.05, 0) is 48.0 Å². The predicted octanol–water partition coefficient (Wildman–Crippen LogP) is 6.75. The van der Waals surface area contributed by atoms with Gasteiger partial charge in [0.05, 0.1) is 16.3 Å². The summed E-state index contributed by atoms with van der Waals surface area (Å²) in [7, 11) is 0. The van der Waals surface area contributed by atoms with Crippen LogP contribution in [-0.4, -0.2) is 12.5 Å². The number of ether oxygens (including phenoxy) is 1. The van der Waals surface area contributed by atoms with Crippen LogP contribution in [-0.2, 0) is 11.0 Å². The summed E-state index contributed by atoms with van der Waals surface area (Å²) in [5.74, 6) is -0.743. The summed E-state index contributed by atoms with van der Waals surface area (Å²) in [4.78, 5) is 13.0. The van der Waals surface area contributed by atoms with Crippen molar-refractivity contribution in [2.24, 2.45) is 0 Å². The number of benzene rings is 3. The monoisotopic (exact) mass is 470 g/mol. The fourth-order valence-corrected chi connectivity index (χ4v) is 3.01. The highest BCUT2D eigenvalue weighted by molar-refractivity contribution is 6.33. The lowest BCUT2D eigenvalue weighted by molar-refractivity contribution is -0.137. The normalized spacial score (nSPS) is 12.3. The van der Waals surface area contributed by atoms with Crippen LogP contribution in [0.3, 0.4) is 0 Å². The summed E-state index contributed by atoms with van der Waals surface area (Å²) in [6.45, 7) is -2.98. The van der Waals surface area contributed by atoms with Crippen molar-refractivity contribution in [3.63, 3.8) is 0 Å². The van der Waals surface area contributed by atoms with Gasteiger partial charge in [0.15, 0.2) is 0 Å². The van der Waals surface area contributed by atoms with Gasteiger partial charge < -0.3 is 15.4 Å². The van der Waals surface area contributed by atoms with Gasteiger partial charge in [0, 0.05) is 5.69 Å². The van der Waals surface area contributed by atoms with E-state index in [0.717, 1.165) is 18.2 Å². The Morgan fingerprint density at radius 1 is 0.938 bits per heavy atom. The zero-order valence-corrected chi connectivity index (χ0v) is 16.9. The Balaban J connectivity index is 1.86. The molecule has 0 aliphatic rings. The molecule has 1 atom stereocenters. The molecule has 0 aliphatic heterocycles. The first-order chi connectivity index (χ1) is 15.1. The molecule has 4 nitrogen and oxygen atoms in total. The maximum atomic E-state index is 13.0. The van der Waals surface area contributed by atoms with E-state index in [4.69, 9.17) is 11.6 Å². The molecule has 0 bridgehead atoms. The van der Waals surface area contributed by atoms with Crippen LogP contribution in [0.4, 0.5) is 33.3 Å². The molecule has 1 unspecified atom stereocenters. The Labute approximate surface area is 185 Å². The number of hydrogen-bond donors (Lipinski definition) is 2. The second-order valence-corrected chi connectivity index (χ2v) is 6.98. The molecule has 168 valence electrons. The van der Waals surface area contributed by atoms with Crippen LogP contribution in [0.2, 0.25) is 5.02 Å². The molecule has 0 heterocycles. The van der Waals surface area contributed by atoms with Crippen molar-refractivity contribution in [1.82, 2.24) is 0 Å². The zero-order chi connectivity index (χ0) is 23.3. The van der Waals surface area contributed by atoms with Gasteiger partial charge in [-0.2, -0.15) is 22.0 Å². The van der Waals surface area contributed by atoms with Gasteiger partial charge in [0.1, 0.15) is 11.8 Å². The van der Waals surface area contributed by atoms with E-state index in [0.29, 0.717) is 11.3 Å². The van der Waals surface area contributed by atoms with Crippen molar-refractivity contribution in [2.45, 2.75) is 18.8 Å². The Kier molecular flexibility index (Phi) is 7.19. The lowest BCUT2D eigenvalue weighted by Crippen LogP contribution is -2.27. The first-order valence-corrected chi connectivity index (χ1v) is 9.55. The van der Waals surface area contributed by atoms with E-state index >= 15 is 0 Å². The van der Waals surface area contributed by atoms with Crippen molar-refractivity contribution >= 4 is 28.9 Å². The average molecular weight is 471 g/mol. The number of carbonyl (C=O) groups is 1. The number of carbonyl (C=O) groups excluding carboxylic acids is 1. The number of alkyl halides is 5. The van der Waals surface area contributed by atoms with Gasteiger partial charge in [-0.25, -0.2) is 0 Å². The lowest BCUT2D eigenvalue weighted by atomic mass is 10.1. The molecular weight excluding hydrogens is 455 g/mol. The molecule has 3 rings (SSSR count). The quantitative estimate of drug-likeness (QED) is 0.375. The second-order valence-electron chi connectivity index (χ2n) is 6.57. The number of halogens is 6. The van der Waals surface area contributed by atoms with Gasteiger partial charge >= 0.3 is 12.8 Å². The highest BCUT2D eigenvalue weighted by atomic mass is 35.5. The minimum absolute atomic E-state index is 0.0633. The van der Waals surface area contributed by atoms with Gasteiger partial charge in [-0.3, -0.25) is 4.79 Å².